The largest absolute Gasteiger partial charge is 0.492 e. The van der Waals surface area contributed by atoms with Gasteiger partial charge in [-0.2, -0.15) is 4.98 Å². The van der Waals surface area contributed by atoms with E-state index in [4.69, 9.17) is 9.26 Å². The molecular weight excluding hydrogens is 456 g/mol. The highest BCUT2D eigenvalue weighted by Gasteiger charge is 2.24. The lowest BCUT2D eigenvalue weighted by Gasteiger charge is -2.30. The lowest BCUT2D eigenvalue weighted by Crippen LogP contribution is -2.35. The van der Waals surface area contributed by atoms with Crippen molar-refractivity contribution in [3.8, 4) is 17.0 Å². The van der Waals surface area contributed by atoms with Crippen molar-refractivity contribution in [3.63, 3.8) is 0 Å². The minimum atomic E-state index is 0. The molecule has 2 aromatic heterocycles. The highest BCUT2D eigenvalue weighted by atomic mass is 35.5. The number of thioether (sulfide) groups is 1. The molecule has 6 nitrogen and oxygen atoms in total. The Morgan fingerprint density at radius 3 is 2.36 bits per heavy atom. The standard InChI is InChI=1S/C25H32N4O2S.ClH/c1-17(2)24-27-25(31-28-24)29-13-11-19(12-14-29)16-30-21-7-10-23(26-15-21)20-5-8-22(9-6-20)32-18(3)4;/h5-10,15,17-19H,11-14,16H2,1-4H3;1H. The van der Waals surface area contributed by atoms with Gasteiger partial charge in [-0.1, -0.05) is 45.0 Å². The third kappa shape index (κ3) is 6.87. The molecule has 3 heterocycles. The number of ether oxygens (including phenoxy) is 1. The molecule has 0 bridgehead atoms. The number of anilines is 1. The summed E-state index contributed by atoms with van der Waals surface area (Å²) >= 11 is 1.87. The summed E-state index contributed by atoms with van der Waals surface area (Å²) in [4.78, 5) is 12.6. The quantitative estimate of drug-likeness (QED) is 0.336. The number of pyridine rings is 1. The highest BCUT2D eigenvalue weighted by molar-refractivity contribution is 7.99. The first-order valence-corrected chi connectivity index (χ1v) is 12.3. The van der Waals surface area contributed by atoms with Crippen LogP contribution in [0.5, 0.6) is 5.75 Å². The second kappa shape index (κ2) is 11.7. The first-order chi connectivity index (χ1) is 15.5. The molecule has 0 aliphatic carbocycles. The normalized spacial score (nSPS) is 14.5. The van der Waals surface area contributed by atoms with Crippen LogP contribution in [0.4, 0.5) is 6.01 Å². The molecule has 0 atom stereocenters. The fourth-order valence-electron chi connectivity index (χ4n) is 3.71. The van der Waals surface area contributed by atoms with Gasteiger partial charge in [0.15, 0.2) is 5.82 Å². The van der Waals surface area contributed by atoms with Gasteiger partial charge in [0.05, 0.1) is 18.5 Å². The Kier molecular flexibility index (Phi) is 9.03. The third-order valence-corrected chi connectivity index (χ3v) is 6.59. The molecule has 1 aliphatic rings. The molecule has 0 saturated carbocycles. The molecule has 4 rings (SSSR count). The number of nitrogens with zero attached hydrogens (tertiary/aromatic N) is 4. The molecule has 0 N–H and O–H groups in total. The van der Waals surface area contributed by atoms with Crippen LogP contribution < -0.4 is 9.64 Å². The fraction of sp³-hybridized carbons (Fsp3) is 0.480. The SMILES string of the molecule is CC(C)Sc1ccc(-c2ccc(OCC3CCN(c4nc(C(C)C)no4)CC3)cn2)cc1.Cl. The van der Waals surface area contributed by atoms with Crippen molar-refractivity contribution < 1.29 is 9.26 Å². The number of rotatable bonds is 8. The Hall–Kier alpha value is -2.25. The second-order valence-electron chi connectivity index (χ2n) is 8.90. The van der Waals surface area contributed by atoms with Crippen LogP contribution in [-0.4, -0.2) is 40.1 Å². The number of piperidine rings is 1. The first kappa shape index (κ1) is 25.4. The van der Waals surface area contributed by atoms with Crippen molar-refractivity contribution >= 4 is 30.2 Å². The van der Waals surface area contributed by atoms with Gasteiger partial charge in [0.25, 0.3) is 0 Å². The maximum Gasteiger partial charge on any atom is 0.324 e. The Morgan fingerprint density at radius 2 is 1.79 bits per heavy atom. The monoisotopic (exact) mass is 488 g/mol. The maximum absolute atomic E-state index is 6.04. The summed E-state index contributed by atoms with van der Waals surface area (Å²) in [6.07, 6.45) is 3.92. The van der Waals surface area contributed by atoms with Crippen molar-refractivity contribution in [3.05, 3.63) is 48.4 Å². The van der Waals surface area contributed by atoms with Crippen molar-refractivity contribution in [1.82, 2.24) is 15.1 Å². The Balaban J connectivity index is 0.00000306. The Morgan fingerprint density at radius 1 is 1.06 bits per heavy atom. The highest BCUT2D eigenvalue weighted by Crippen LogP contribution is 2.27. The van der Waals surface area contributed by atoms with E-state index in [1.165, 1.54) is 4.90 Å². The summed E-state index contributed by atoms with van der Waals surface area (Å²) < 4.78 is 11.5. The van der Waals surface area contributed by atoms with E-state index in [1.54, 1.807) is 0 Å². The minimum Gasteiger partial charge on any atom is -0.492 e. The Labute approximate surface area is 206 Å². The van der Waals surface area contributed by atoms with Crippen LogP contribution in [0.2, 0.25) is 0 Å². The van der Waals surface area contributed by atoms with Gasteiger partial charge < -0.3 is 14.2 Å². The summed E-state index contributed by atoms with van der Waals surface area (Å²) in [6, 6.07) is 13.3. The minimum absolute atomic E-state index is 0. The summed E-state index contributed by atoms with van der Waals surface area (Å²) in [5.74, 6) is 2.39. The van der Waals surface area contributed by atoms with Gasteiger partial charge in [-0.05, 0) is 43.0 Å². The second-order valence-corrected chi connectivity index (χ2v) is 10.6. The number of halogens is 1. The first-order valence-electron chi connectivity index (χ1n) is 11.4. The molecule has 0 amide bonds. The molecule has 33 heavy (non-hydrogen) atoms. The molecule has 0 spiro atoms. The molecule has 1 fully saturated rings. The number of aromatic nitrogens is 3. The van der Waals surface area contributed by atoms with Crippen molar-refractivity contribution in [2.75, 3.05) is 24.6 Å². The van der Waals surface area contributed by atoms with E-state index in [9.17, 15) is 0 Å². The van der Waals surface area contributed by atoms with E-state index in [-0.39, 0.29) is 18.3 Å². The number of hydrogen-bond acceptors (Lipinski definition) is 7. The smallest absolute Gasteiger partial charge is 0.324 e. The number of benzene rings is 1. The fourth-order valence-corrected chi connectivity index (χ4v) is 4.54. The zero-order valence-corrected chi connectivity index (χ0v) is 21.4. The summed E-state index contributed by atoms with van der Waals surface area (Å²) in [5, 5.41) is 4.65. The molecular formula is C25H33ClN4O2S. The summed E-state index contributed by atoms with van der Waals surface area (Å²) in [5.41, 5.74) is 2.09. The van der Waals surface area contributed by atoms with Gasteiger partial charge in [0.2, 0.25) is 0 Å². The molecule has 178 valence electrons. The van der Waals surface area contributed by atoms with E-state index >= 15 is 0 Å². The summed E-state index contributed by atoms with van der Waals surface area (Å²) in [6.45, 7) is 11.1. The van der Waals surface area contributed by atoms with Crippen LogP contribution in [0.1, 0.15) is 52.3 Å². The zero-order chi connectivity index (χ0) is 22.5. The molecule has 3 aromatic rings. The van der Waals surface area contributed by atoms with Gasteiger partial charge in [-0.25, -0.2) is 0 Å². The van der Waals surface area contributed by atoms with Crippen molar-refractivity contribution in [1.29, 1.82) is 0 Å². The van der Waals surface area contributed by atoms with Gasteiger partial charge in [0, 0.05) is 34.7 Å². The van der Waals surface area contributed by atoms with Crippen LogP contribution in [0.25, 0.3) is 11.3 Å². The molecule has 0 radical (unpaired) electrons. The molecule has 1 saturated heterocycles. The summed E-state index contributed by atoms with van der Waals surface area (Å²) in [7, 11) is 0. The van der Waals surface area contributed by atoms with E-state index in [2.05, 4.69) is 72.0 Å². The molecule has 1 aromatic carbocycles. The van der Waals surface area contributed by atoms with Crippen LogP contribution in [0, 0.1) is 5.92 Å². The van der Waals surface area contributed by atoms with E-state index in [1.807, 2.05) is 30.1 Å². The zero-order valence-electron chi connectivity index (χ0n) is 19.7. The lowest BCUT2D eigenvalue weighted by molar-refractivity contribution is 0.219. The van der Waals surface area contributed by atoms with Crippen molar-refractivity contribution in [2.24, 2.45) is 5.92 Å². The Bertz CT molecular complexity index is 984. The van der Waals surface area contributed by atoms with E-state index < -0.39 is 0 Å². The maximum atomic E-state index is 6.04. The predicted octanol–water partition coefficient (Wildman–Crippen LogP) is 6.47. The van der Waals surface area contributed by atoms with Gasteiger partial charge >= 0.3 is 6.01 Å². The third-order valence-electron chi connectivity index (χ3n) is 5.58. The van der Waals surface area contributed by atoms with Crippen LogP contribution >= 0.6 is 24.2 Å². The molecule has 0 unspecified atom stereocenters. The van der Waals surface area contributed by atoms with Crippen LogP contribution in [0.3, 0.4) is 0 Å². The van der Waals surface area contributed by atoms with Gasteiger partial charge in [0.1, 0.15) is 5.75 Å². The van der Waals surface area contributed by atoms with Gasteiger partial charge in [-0.3, -0.25) is 4.98 Å². The average molecular weight is 489 g/mol. The molecule has 1 aliphatic heterocycles. The number of hydrogen-bond donors (Lipinski definition) is 0. The average Bonchev–Trinajstić information content (AvgIpc) is 3.29. The van der Waals surface area contributed by atoms with Crippen LogP contribution in [0.15, 0.2) is 52.0 Å². The van der Waals surface area contributed by atoms with Gasteiger partial charge in [-0.15, -0.1) is 24.2 Å². The van der Waals surface area contributed by atoms with Crippen molar-refractivity contribution in [2.45, 2.75) is 56.6 Å². The lowest BCUT2D eigenvalue weighted by atomic mass is 9.98. The predicted molar refractivity (Wildman–Crippen MR) is 137 cm³/mol. The van der Waals surface area contributed by atoms with E-state index in [0.29, 0.717) is 23.8 Å². The van der Waals surface area contributed by atoms with Crippen LogP contribution in [-0.2, 0) is 0 Å². The molecule has 8 heteroatoms. The topological polar surface area (TPSA) is 64.3 Å². The van der Waals surface area contributed by atoms with E-state index in [0.717, 1.165) is 48.8 Å².